The van der Waals surface area contributed by atoms with Crippen molar-refractivity contribution in [1.29, 1.82) is 0 Å². The number of fused-ring (bicyclic) bond motifs is 6. The Morgan fingerprint density at radius 1 is 0.784 bits per heavy atom. The molecule has 6 bridgehead atoms. The zero-order chi connectivity index (χ0) is 38.8. The van der Waals surface area contributed by atoms with E-state index in [4.69, 9.17) is 25.2 Å². The maximum Gasteiger partial charge on any atom is 1.00 e. The first-order valence-corrected chi connectivity index (χ1v) is 19.0. The van der Waals surface area contributed by atoms with Gasteiger partial charge < -0.3 is 30.6 Å². The number of hydrogen-bond acceptors (Lipinski definition) is 9. The van der Waals surface area contributed by atoms with E-state index in [1.165, 1.54) is 32.1 Å². The zero-order valence-electron chi connectivity index (χ0n) is 36.1. The van der Waals surface area contributed by atoms with Crippen LogP contribution >= 0.6 is 0 Å². The van der Waals surface area contributed by atoms with Gasteiger partial charge in [0.25, 0.3) is 0 Å². The van der Waals surface area contributed by atoms with Crippen LogP contribution in [-0.4, -0.2) is 71.0 Å². The fourth-order valence-corrected chi connectivity index (χ4v) is 10.4. The van der Waals surface area contributed by atoms with Gasteiger partial charge in [-0.25, -0.2) is 0 Å². The van der Waals surface area contributed by atoms with Gasteiger partial charge >= 0.3 is 2.85 Å². The predicted octanol–water partition coefficient (Wildman–Crippen LogP) is 8.11. The summed E-state index contributed by atoms with van der Waals surface area (Å²) in [5.41, 5.74) is 2.36. The van der Waals surface area contributed by atoms with Crippen molar-refractivity contribution in [3.8, 4) is 0 Å². The van der Waals surface area contributed by atoms with Gasteiger partial charge in [0.15, 0.2) is 0 Å². The molecule has 5 saturated carbocycles. The van der Waals surface area contributed by atoms with Crippen molar-refractivity contribution in [1.82, 2.24) is 0 Å². The molecule has 7 fully saturated rings. The largest absolute Gasteiger partial charge is 1.00 e. The van der Waals surface area contributed by atoms with Crippen molar-refractivity contribution >= 4 is 0 Å². The van der Waals surface area contributed by atoms with Crippen LogP contribution in [0.1, 0.15) is 151 Å². The second kappa shape index (κ2) is 17.5. The highest BCUT2D eigenvalue weighted by atomic mass is 17.0. The first kappa shape index (κ1) is 47.8. The van der Waals surface area contributed by atoms with Crippen molar-refractivity contribution in [3.05, 3.63) is 33.2 Å². The molecular formula is C41H78O10+2. The third-order valence-corrected chi connectivity index (χ3v) is 15.0. The van der Waals surface area contributed by atoms with Gasteiger partial charge in [0.05, 0.1) is 34.6 Å². The van der Waals surface area contributed by atoms with Gasteiger partial charge in [-0.2, -0.15) is 0 Å². The van der Waals surface area contributed by atoms with Crippen LogP contribution in [0.5, 0.6) is 0 Å². The smallest absolute Gasteiger partial charge is 0.412 e. The highest BCUT2D eigenvalue weighted by Crippen LogP contribution is 2.62. The molecule has 10 aliphatic rings. The molecule has 2 saturated heterocycles. The van der Waals surface area contributed by atoms with Crippen molar-refractivity contribution in [3.63, 3.8) is 0 Å². The number of ether oxygens (including phenoxy) is 1. The molecule has 0 aromatic rings. The summed E-state index contributed by atoms with van der Waals surface area (Å²) in [6.07, 6.45) is 13.8. The van der Waals surface area contributed by atoms with Crippen LogP contribution in [0.4, 0.5) is 0 Å². The number of allylic oxidation sites excluding steroid dienone is 3. The lowest BCUT2D eigenvalue weighted by Crippen LogP contribution is -2.64. The molecule has 10 rings (SSSR count). The third kappa shape index (κ3) is 10.1. The molecule has 10 unspecified atom stereocenters. The van der Waals surface area contributed by atoms with Gasteiger partial charge in [0, 0.05) is 9.93 Å². The predicted molar refractivity (Wildman–Crippen MR) is 207 cm³/mol. The number of hydrogen-bond donors (Lipinski definition) is 6. The van der Waals surface area contributed by atoms with E-state index in [9.17, 15) is 20.4 Å². The van der Waals surface area contributed by atoms with E-state index in [1.54, 1.807) is 19.4 Å². The quantitative estimate of drug-likeness (QED) is 0.0877. The second-order valence-corrected chi connectivity index (χ2v) is 19.5. The summed E-state index contributed by atoms with van der Waals surface area (Å²) >= 11 is 0. The molecule has 11 atom stereocenters. The van der Waals surface area contributed by atoms with Crippen LogP contribution in [-0.2, 0) is 4.74 Å². The first-order chi connectivity index (χ1) is 22.8. The molecule has 51 heavy (non-hydrogen) atoms. The van der Waals surface area contributed by atoms with E-state index >= 15 is 0 Å². The molecule has 10 nitrogen and oxygen atoms in total. The van der Waals surface area contributed by atoms with Gasteiger partial charge in [-0.3, -0.25) is 10.5 Å². The molecular weight excluding hydrogens is 652 g/mol. The summed E-state index contributed by atoms with van der Waals surface area (Å²) in [6.45, 7) is 27.8. The van der Waals surface area contributed by atoms with Crippen molar-refractivity contribution in [2.24, 2.45) is 52.3 Å². The monoisotopic (exact) mass is 731 g/mol. The summed E-state index contributed by atoms with van der Waals surface area (Å²) in [5, 5.41) is 51.2. The van der Waals surface area contributed by atoms with E-state index in [0.29, 0.717) is 35.0 Å². The van der Waals surface area contributed by atoms with E-state index < -0.39 is 5.60 Å². The van der Waals surface area contributed by atoms with E-state index in [-0.39, 0.29) is 43.3 Å². The Labute approximate surface area is 311 Å². The van der Waals surface area contributed by atoms with Gasteiger partial charge in [0.1, 0.15) is 0 Å². The van der Waals surface area contributed by atoms with Gasteiger partial charge in [-0.05, 0) is 171 Å². The van der Waals surface area contributed by atoms with Crippen LogP contribution in [0, 0.1) is 62.2 Å². The molecule has 0 aromatic carbocycles. The molecule has 8 N–H and O–H groups in total. The maximum absolute atomic E-state index is 10.0. The third-order valence-electron chi connectivity index (χ3n) is 15.0. The number of aliphatic hydroxyl groups excluding tert-OH is 2. The summed E-state index contributed by atoms with van der Waals surface area (Å²) in [4.78, 5) is 14.0. The number of aliphatic hydroxyl groups is 4. The van der Waals surface area contributed by atoms with Crippen LogP contribution in [0.3, 0.4) is 0 Å². The molecule has 0 spiro atoms. The topological polar surface area (TPSA) is 196 Å². The highest BCUT2D eigenvalue weighted by Gasteiger charge is 2.59. The van der Waals surface area contributed by atoms with Gasteiger partial charge in [-0.1, -0.05) is 52.3 Å². The molecule has 0 amide bonds. The standard InChI is InChI=1S/C11H20O2.C10H18O2.C10H18O.C10H16.H2O2.O2.H2O/c1-7-5-8-6-9(12)11(7,4)13-10(8,2)3;1-7-4-5-8(6-9(7)11)10(2,3)12;1-9(2)7-4-5-10(3,11)8(9)6-7;1-7-4-5-8-6-9(7)10(8,2)3;2*1-2;/h7-9,12H,5-6H2,1-4H3;4,8-9,11-12H,5-6H2,1-3H3;7-8,11H,4-6H2,1-3H3;4,8-9H,5-6H2,1-3H3;1-2H;;1H2/p+2/t;8?,9-;;;;;/m.0...../s1. The van der Waals surface area contributed by atoms with Crippen molar-refractivity contribution in [2.45, 2.75) is 182 Å². The van der Waals surface area contributed by atoms with Crippen LogP contribution in [0.25, 0.3) is 0 Å². The maximum atomic E-state index is 10.0. The molecule has 300 valence electrons. The highest BCUT2D eigenvalue weighted by molar-refractivity contribution is 5.21. The minimum atomic E-state index is -0.668. The lowest BCUT2D eigenvalue weighted by atomic mass is 9.44. The van der Waals surface area contributed by atoms with E-state index in [0.717, 1.165) is 42.6 Å². The first-order valence-electron chi connectivity index (χ1n) is 19.0. The van der Waals surface area contributed by atoms with Gasteiger partial charge in [0.2, 0.25) is 0 Å². The lowest BCUT2D eigenvalue weighted by Gasteiger charge is -2.62. The van der Waals surface area contributed by atoms with E-state index in [2.05, 4.69) is 68.4 Å². The Bertz CT molecular complexity index is 1160. The Morgan fingerprint density at radius 3 is 1.67 bits per heavy atom. The van der Waals surface area contributed by atoms with Crippen molar-refractivity contribution in [2.75, 3.05) is 0 Å². The van der Waals surface area contributed by atoms with Crippen LogP contribution < -0.4 is 0 Å². The SMILES string of the molecule is CC1(O)CCC2CC1C2(C)C.CC1=CCC(C(C)(C)O)C[C@@H]1O.CC1=CCC2CC1C2(C)C.CC1CC2CC(O)C1(C)OC2(C)C.O.O=O.OO.[H+].[H+]. The zero-order valence-corrected chi connectivity index (χ0v) is 34.1. The normalized spacial score (nSPS) is 41.1. The summed E-state index contributed by atoms with van der Waals surface area (Å²) in [6, 6.07) is 0. The summed E-state index contributed by atoms with van der Waals surface area (Å²) in [7, 11) is 0. The Morgan fingerprint density at radius 2 is 1.33 bits per heavy atom. The summed E-state index contributed by atoms with van der Waals surface area (Å²) < 4.78 is 6.03. The van der Waals surface area contributed by atoms with Crippen LogP contribution in [0.15, 0.2) is 23.3 Å². The second-order valence-electron chi connectivity index (χ2n) is 19.5. The fourth-order valence-electron chi connectivity index (χ4n) is 10.4. The average molecular weight is 731 g/mol. The Balaban J connectivity index is 0. The molecule has 0 aromatic heterocycles. The average Bonchev–Trinajstić information content (AvgIpc) is 3.02. The Kier molecular flexibility index (Phi) is 16.4. The molecule has 0 radical (unpaired) electrons. The van der Waals surface area contributed by atoms with Gasteiger partial charge in [-0.15, -0.1) is 0 Å². The fraction of sp³-hybridized carbons (Fsp3) is 0.902. The number of rotatable bonds is 1. The van der Waals surface area contributed by atoms with Crippen molar-refractivity contribution < 1.29 is 44.0 Å². The molecule has 2 heterocycles. The lowest BCUT2D eigenvalue weighted by molar-refractivity contribution is -0.295. The molecule has 8 aliphatic carbocycles. The Hall–Kier alpha value is -1.24. The minimum absolute atomic E-state index is 0. The molecule has 10 heteroatoms. The summed E-state index contributed by atoms with van der Waals surface area (Å²) in [5.74, 6) is 4.58. The molecule has 2 aliphatic heterocycles. The van der Waals surface area contributed by atoms with Crippen LogP contribution in [0.2, 0.25) is 0 Å². The minimum Gasteiger partial charge on any atom is -0.412 e. The van der Waals surface area contributed by atoms with E-state index in [1.807, 2.05) is 19.9 Å².